The van der Waals surface area contributed by atoms with Gasteiger partial charge in [0.05, 0.1) is 12.2 Å². The molecule has 0 aliphatic carbocycles. The molecular weight excluding hydrogens is 593 g/mol. The number of ether oxygens (including phenoxy) is 1. The molecule has 2 fully saturated rings. The molecule has 38 heavy (non-hydrogen) atoms. The van der Waals surface area contributed by atoms with Crippen LogP contribution in [0.2, 0.25) is 10.0 Å². The van der Waals surface area contributed by atoms with Crippen molar-refractivity contribution in [1.29, 1.82) is 0 Å². The number of likely N-dealkylation sites (tertiary alicyclic amines) is 1. The number of imide groups is 1. The molecule has 0 radical (unpaired) electrons. The molecule has 204 valence electrons. The number of halogens is 3. The maximum absolute atomic E-state index is 14.0. The molecule has 0 unspecified atom stereocenters. The molecule has 0 spiro atoms. The van der Waals surface area contributed by atoms with Gasteiger partial charge in [-0.25, -0.2) is 9.69 Å². The van der Waals surface area contributed by atoms with E-state index in [2.05, 4.69) is 15.9 Å². The van der Waals surface area contributed by atoms with Gasteiger partial charge >= 0.3 is 12.0 Å². The minimum absolute atomic E-state index is 0.179. The fourth-order valence-corrected chi connectivity index (χ4v) is 6.04. The topological polar surface area (TPSA) is 70.2 Å². The Balaban J connectivity index is 1.60. The maximum Gasteiger partial charge on any atom is 0.332 e. The van der Waals surface area contributed by atoms with E-state index in [0.29, 0.717) is 48.1 Å². The molecule has 0 saturated carbocycles. The van der Waals surface area contributed by atoms with Crippen LogP contribution in [0.15, 0.2) is 46.9 Å². The first-order chi connectivity index (χ1) is 17.8. The molecule has 7 nitrogen and oxygen atoms in total. The first-order valence-electron chi connectivity index (χ1n) is 12.6. The smallest absolute Gasteiger partial charge is 0.332 e. The molecule has 2 saturated heterocycles. The van der Waals surface area contributed by atoms with Gasteiger partial charge in [0, 0.05) is 40.1 Å². The minimum atomic E-state index is -1.11. The second kappa shape index (κ2) is 11.2. The lowest BCUT2D eigenvalue weighted by Gasteiger charge is -2.42. The summed E-state index contributed by atoms with van der Waals surface area (Å²) in [5.41, 5.74) is -0.365. The van der Waals surface area contributed by atoms with Crippen LogP contribution >= 0.6 is 39.1 Å². The number of carbonyl (C=O) groups excluding carboxylic acids is 3. The van der Waals surface area contributed by atoms with Crippen LogP contribution < -0.4 is 4.90 Å². The average Bonchev–Trinajstić information content (AvgIpc) is 2.99. The zero-order valence-electron chi connectivity index (χ0n) is 22.0. The van der Waals surface area contributed by atoms with Gasteiger partial charge in [-0.1, -0.05) is 51.3 Å². The van der Waals surface area contributed by atoms with Crippen LogP contribution in [0.25, 0.3) is 0 Å². The zero-order chi connectivity index (χ0) is 27.8. The minimum Gasteiger partial charge on any atom is -0.459 e. The number of hydrogen-bond acceptors (Lipinski definition) is 5. The van der Waals surface area contributed by atoms with Crippen LogP contribution in [0.3, 0.4) is 0 Å². The van der Waals surface area contributed by atoms with Gasteiger partial charge in [-0.2, -0.15) is 0 Å². The number of esters is 1. The molecule has 0 aromatic heterocycles. The van der Waals surface area contributed by atoms with Crippen molar-refractivity contribution >= 4 is 62.7 Å². The fourth-order valence-electron chi connectivity index (χ4n) is 5.26. The number of carbonyl (C=O) groups is 3. The highest BCUT2D eigenvalue weighted by Gasteiger charge is 2.57. The van der Waals surface area contributed by atoms with Crippen LogP contribution in [-0.4, -0.2) is 64.5 Å². The van der Waals surface area contributed by atoms with Gasteiger partial charge in [0.15, 0.2) is 0 Å². The average molecular weight is 625 g/mol. The Morgan fingerprint density at radius 3 is 2.18 bits per heavy atom. The number of hydrogen-bond donors (Lipinski definition) is 0. The van der Waals surface area contributed by atoms with E-state index in [-0.39, 0.29) is 24.5 Å². The Bertz CT molecular complexity index is 1210. The van der Waals surface area contributed by atoms with Crippen molar-refractivity contribution in [3.8, 4) is 0 Å². The summed E-state index contributed by atoms with van der Waals surface area (Å²) in [4.78, 5) is 45.3. The van der Waals surface area contributed by atoms with Crippen molar-refractivity contribution in [2.24, 2.45) is 0 Å². The number of piperidine rings is 1. The lowest BCUT2D eigenvalue weighted by Crippen LogP contribution is -2.56. The molecule has 2 aliphatic heterocycles. The summed E-state index contributed by atoms with van der Waals surface area (Å²) < 4.78 is 6.40. The molecule has 0 bridgehead atoms. The van der Waals surface area contributed by atoms with Gasteiger partial charge in [-0.3, -0.25) is 14.5 Å². The van der Waals surface area contributed by atoms with Gasteiger partial charge < -0.3 is 9.64 Å². The van der Waals surface area contributed by atoms with Crippen molar-refractivity contribution in [2.75, 3.05) is 24.5 Å². The third kappa shape index (κ3) is 6.36. The van der Waals surface area contributed by atoms with Crippen LogP contribution in [0.1, 0.15) is 46.1 Å². The second-order valence-electron chi connectivity index (χ2n) is 11.1. The predicted octanol–water partition coefficient (Wildman–Crippen LogP) is 6.33. The van der Waals surface area contributed by atoms with E-state index in [1.807, 2.05) is 56.9 Å². The number of amides is 3. The maximum atomic E-state index is 14.0. The lowest BCUT2D eigenvalue weighted by atomic mass is 9.88. The van der Waals surface area contributed by atoms with E-state index < -0.39 is 17.2 Å². The van der Waals surface area contributed by atoms with E-state index in [1.165, 1.54) is 4.90 Å². The van der Waals surface area contributed by atoms with Gasteiger partial charge in [0.1, 0.15) is 11.1 Å². The summed E-state index contributed by atoms with van der Waals surface area (Å²) in [6.45, 7) is 8.78. The van der Waals surface area contributed by atoms with Gasteiger partial charge in [-0.15, -0.1) is 0 Å². The van der Waals surface area contributed by atoms with E-state index in [4.69, 9.17) is 27.9 Å². The molecule has 2 aromatic rings. The van der Waals surface area contributed by atoms with Crippen molar-refractivity contribution in [3.05, 3.63) is 62.5 Å². The number of urea groups is 1. The molecule has 3 amide bonds. The lowest BCUT2D eigenvalue weighted by molar-refractivity contribution is -0.156. The Kier molecular flexibility index (Phi) is 8.48. The molecule has 10 heteroatoms. The van der Waals surface area contributed by atoms with Crippen molar-refractivity contribution in [3.63, 3.8) is 0 Å². The van der Waals surface area contributed by atoms with Crippen LogP contribution in [0, 0.1) is 0 Å². The number of rotatable bonds is 6. The summed E-state index contributed by atoms with van der Waals surface area (Å²) >= 11 is 15.9. The predicted molar refractivity (Wildman–Crippen MR) is 153 cm³/mol. The Morgan fingerprint density at radius 1 is 1.05 bits per heavy atom. The van der Waals surface area contributed by atoms with Crippen LogP contribution in [-0.2, 0) is 20.7 Å². The summed E-state index contributed by atoms with van der Waals surface area (Å²) in [6, 6.07) is 11.9. The highest BCUT2D eigenvalue weighted by atomic mass is 79.9. The molecular formula is C28H32BrCl2N3O4. The first-order valence-corrected chi connectivity index (χ1v) is 14.1. The SMILES string of the molecule is CC(C)(C)OC(=O)CN1CCC(N2C(=O)N(c3cc(Cl)cc(Cl)c3)C(=O)[C@@]2(C)Cc2ccc(Br)cc2)CC1. The van der Waals surface area contributed by atoms with Crippen molar-refractivity contribution < 1.29 is 19.1 Å². The van der Waals surface area contributed by atoms with E-state index in [0.717, 1.165) is 10.0 Å². The zero-order valence-corrected chi connectivity index (χ0v) is 25.1. The van der Waals surface area contributed by atoms with Gasteiger partial charge in [-0.05, 0) is 76.4 Å². The Labute approximate surface area is 242 Å². The molecule has 2 heterocycles. The summed E-state index contributed by atoms with van der Waals surface area (Å²) in [6.07, 6.45) is 1.61. The normalized spacial score (nSPS) is 21.3. The quantitative estimate of drug-likeness (QED) is 0.277. The van der Waals surface area contributed by atoms with Crippen LogP contribution in [0.5, 0.6) is 0 Å². The Hall–Kier alpha value is -2.13. The van der Waals surface area contributed by atoms with Crippen molar-refractivity contribution in [2.45, 2.75) is 64.1 Å². The largest absolute Gasteiger partial charge is 0.459 e. The molecule has 1 atom stereocenters. The number of nitrogens with zero attached hydrogens (tertiary/aromatic N) is 3. The third-order valence-electron chi connectivity index (χ3n) is 6.85. The number of anilines is 1. The first kappa shape index (κ1) is 28.9. The highest BCUT2D eigenvalue weighted by Crippen LogP contribution is 2.40. The summed E-state index contributed by atoms with van der Waals surface area (Å²) in [5.74, 6) is -0.590. The van der Waals surface area contributed by atoms with E-state index in [1.54, 1.807) is 23.1 Å². The molecule has 0 N–H and O–H groups in total. The molecule has 2 aromatic carbocycles. The van der Waals surface area contributed by atoms with Gasteiger partial charge in [0.25, 0.3) is 5.91 Å². The summed E-state index contributed by atoms with van der Waals surface area (Å²) in [7, 11) is 0. The second-order valence-corrected chi connectivity index (χ2v) is 12.9. The molecule has 2 aliphatic rings. The monoisotopic (exact) mass is 623 g/mol. The third-order valence-corrected chi connectivity index (χ3v) is 7.82. The highest BCUT2D eigenvalue weighted by molar-refractivity contribution is 9.10. The van der Waals surface area contributed by atoms with E-state index >= 15 is 0 Å². The van der Waals surface area contributed by atoms with Crippen LogP contribution in [0.4, 0.5) is 10.5 Å². The van der Waals surface area contributed by atoms with E-state index in [9.17, 15) is 14.4 Å². The Morgan fingerprint density at radius 2 is 1.63 bits per heavy atom. The summed E-state index contributed by atoms with van der Waals surface area (Å²) in [5, 5.41) is 0.688. The fraction of sp³-hybridized carbons (Fsp3) is 0.464. The standard InChI is InChI=1S/C28H32BrCl2N3O4/c1-27(2,3)38-24(35)17-32-11-9-22(10-12-32)34-26(37)33(23-14-20(30)13-21(31)15-23)25(36)28(34,4)16-18-5-7-19(29)8-6-18/h5-8,13-15,22H,9-12,16-17H2,1-4H3/t28-/m1/s1. The van der Waals surface area contributed by atoms with Crippen molar-refractivity contribution in [1.82, 2.24) is 9.80 Å². The van der Waals surface area contributed by atoms with Gasteiger partial charge in [0.2, 0.25) is 0 Å². The number of benzene rings is 2. The molecule has 4 rings (SSSR count).